The monoisotopic (exact) mass is 250 g/mol. The number of hydrogen-bond acceptors (Lipinski definition) is 2. The molecule has 0 saturated heterocycles. The largest absolute Gasteiger partial charge is 0.477 e. The van der Waals surface area contributed by atoms with E-state index in [1.165, 1.54) is 32.1 Å². The molecule has 18 heavy (non-hydrogen) atoms. The van der Waals surface area contributed by atoms with Crippen LogP contribution < -0.4 is 0 Å². The second-order valence-electron chi connectivity index (χ2n) is 5.59. The van der Waals surface area contributed by atoms with E-state index in [1.807, 2.05) is 13.8 Å². The summed E-state index contributed by atoms with van der Waals surface area (Å²) >= 11 is 0. The average molecular weight is 250 g/mol. The predicted octanol–water partition coefficient (Wildman–Crippen LogP) is 3.29. The van der Waals surface area contributed by atoms with Crippen LogP contribution in [0.2, 0.25) is 0 Å². The van der Waals surface area contributed by atoms with E-state index in [9.17, 15) is 9.90 Å². The summed E-state index contributed by atoms with van der Waals surface area (Å²) in [6.07, 6.45) is 7.98. The molecule has 0 amide bonds. The number of nitrogens with zero attached hydrogens (tertiary/aromatic N) is 2. The molecule has 0 aliphatic heterocycles. The van der Waals surface area contributed by atoms with Crippen molar-refractivity contribution in [1.29, 1.82) is 0 Å². The number of carbonyl (C=O) groups is 1. The molecule has 0 spiro atoms. The first-order valence-corrected chi connectivity index (χ1v) is 6.88. The normalized spacial score (nSPS) is 17.3. The Morgan fingerprint density at radius 3 is 2.67 bits per heavy atom. The molecule has 1 aliphatic rings. The lowest BCUT2D eigenvalue weighted by Gasteiger charge is -2.22. The molecule has 0 bridgehead atoms. The van der Waals surface area contributed by atoms with Gasteiger partial charge < -0.3 is 5.11 Å². The van der Waals surface area contributed by atoms with Crippen LogP contribution in [0.15, 0.2) is 6.20 Å². The minimum Gasteiger partial charge on any atom is -0.477 e. The van der Waals surface area contributed by atoms with Gasteiger partial charge in [0.2, 0.25) is 0 Å². The Hall–Kier alpha value is -1.32. The quantitative estimate of drug-likeness (QED) is 0.892. The van der Waals surface area contributed by atoms with E-state index in [1.54, 1.807) is 10.9 Å². The molecule has 1 aliphatic carbocycles. The summed E-state index contributed by atoms with van der Waals surface area (Å²) in [5.74, 6) is -0.0556. The zero-order valence-corrected chi connectivity index (χ0v) is 11.2. The smallest absolute Gasteiger partial charge is 0.354 e. The molecular formula is C14H22N2O2. The fraction of sp³-hybridized carbons (Fsp3) is 0.714. The van der Waals surface area contributed by atoms with Crippen molar-refractivity contribution in [2.75, 3.05) is 0 Å². The molecule has 2 rings (SSSR count). The summed E-state index contributed by atoms with van der Waals surface area (Å²) in [4.78, 5) is 11.4. The van der Waals surface area contributed by atoms with Gasteiger partial charge in [-0.1, -0.05) is 33.1 Å². The van der Waals surface area contributed by atoms with Crippen molar-refractivity contribution >= 4 is 5.97 Å². The molecule has 100 valence electrons. The lowest BCUT2D eigenvalue weighted by molar-refractivity contribution is 0.0679. The highest BCUT2D eigenvalue weighted by Gasteiger charge is 2.22. The summed E-state index contributed by atoms with van der Waals surface area (Å²) in [6.45, 7) is 4.77. The van der Waals surface area contributed by atoms with Crippen molar-refractivity contribution in [3.63, 3.8) is 0 Å². The van der Waals surface area contributed by atoms with Crippen molar-refractivity contribution in [2.24, 2.45) is 5.92 Å². The number of carboxylic acids is 1. The van der Waals surface area contributed by atoms with Crippen molar-refractivity contribution < 1.29 is 9.90 Å². The maximum Gasteiger partial charge on any atom is 0.354 e. The summed E-state index contributed by atoms with van der Waals surface area (Å²) in [6, 6.07) is 0. The van der Waals surface area contributed by atoms with Crippen LogP contribution in [0.5, 0.6) is 0 Å². The highest BCUT2D eigenvalue weighted by atomic mass is 16.4. The van der Waals surface area contributed by atoms with Gasteiger partial charge in [-0.2, -0.15) is 5.10 Å². The molecule has 4 heteroatoms. The Morgan fingerprint density at radius 2 is 2.11 bits per heavy atom. The molecule has 1 aromatic rings. The number of rotatable bonds is 4. The fourth-order valence-electron chi connectivity index (χ4n) is 2.81. The fourth-order valence-corrected chi connectivity index (χ4v) is 2.81. The third kappa shape index (κ3) is 2.74. The molecule has 1 saturated carbocycles. The van der Waals surface area contributed by atoms with Gasteiger partial charge in [0.15, 0.2) is 0 Å². The Morgan fingerprint density at radius 1 is 1.44 bits per heavy atom. The zero-order valence-electron chi connectivity index (χ0n) is 11.2. The summed E-state index contributed by atoms with van der Waals surface area (Å²) in [7, 11) is 0. The molecule has 1 fully saturated rings. The highest BCUT2D eigenvalue weighted by Crippen LogP contribution is 2.27. The van der Waals surface area contributed by atoms with Crippen molar-refractivity contribution in [3.8, 4) is 0 Å². The molecule has 1 aromatic heterocycles. The molecule has 4 nitrogen and oxygen atoms in total. The standard InChI is InChI=1S/C14H22N2O2/c1-10(2)12-8-15-16(13(12)14(17)18)9-11-6-4-3-5-7-11/h8,10-11H,3-7,9H2,1-2H3,(H,17,18). The Bertz CT molecular complexity index is 417. The van der Waals surface area contributed by atoms with E-state index in [0.29, 0.717) is 11.6 Å². The van der Waals surface area contributed by atoms with Gasteiger partial charge >= 0.3 is 5.97 Å². The summed E-state index contributed by atoms with van der Waals surface area (Å²) in [5, 5.41) is 13.6. The van der Waals surface area contributed by atoms with Crippen LogP contribution in [0.4, 0.5) is 0 Å². The minimum absolute atomic E-state index is 0.205. The van der Waals surface area contributed by atoms with Crippen LogP contribution in [0.1, 0.15) is 67.9 Å². The molecule has 0 unspecified atom stereocenters. The van der Waals surface area contributed by atoms with Crippen molar-refractivity contribution in [2.45, 2.75) is 58.4 Å². The van der Waals surface area contributed by atoms with Crippen LogP contribution in [-0.4, -0.2) is 20.9 Å². The third-order valence-electron chi connectivity index (χ3n) is 3.85. The molecule has 1 N–H and O–H groups in total. The van der Waals surface area contributed by atoms with Crippen LogP contribution in [0.25, 0.3) is 0 Å². The predicted molar refractivity (Wildman–Crippen MR) is 69.9 cm³/mol. The maximum atomic E-state index is 11.4. The summed E-state index contributed by atoms with van der Waals surface area (Å²) < 4.78 is 1.70. The van der Waals surface area contributed by atoms with E-state index in [2.05, 4.69) is 5.10 Å². The van der Waals surface area contributed by atoms with E-state index >= 15 is 0 Å². The Labute approximate surface area is 108 Å². The van der Waals surface area contributed by atoms with Crippen LogP contribution >= 0.6 is 0 Å². The molecule has 0 aromatic carbocycles. The second kappa shape index (κ2) is 5.55. The number of aromatic nitrogens is 2. The third-order valence-corrected chi connectivity index (χ3v) is 3.85. The Balaban J connectivity index is 2.19. The number of carboxylic acid groups (broad SMARTS) is 1. The minimum atomic E-state index is -0.855. The Kier molecular flexibility index (Phi) is 4.04. The van der Waals surface area contributed by atoms with Gasteiger partial charge in [-0.25, -0.2) is 4.79 Å². The van der Waals surface area contributed by atoms with Crippen LogP contribution in [-0.2, 0) is 6.54 Å². The van der Waals surface area contributed by atoms with E-state index in [4.69, 9.17) is 0 Å². The highest BCUT2D eigenvalue weighted by molar-refractivity contribution is 5.87. The van der Waals surface area contributed by atoms with Gasteiger partial charge in [-0.3, -0.25) is 4.68 Å². The van der Waals surface area contributed by atoms with Gasteiger partial charge in [-0.05, 0) is 24.7 Å². The SMILES string of the molecule is CC(C)c1cnn(CC2CCCCC2)c1C(=O)O. The maximum absolute atomic E-state index is 11.4. The summed E-state index contributed by atoms with van der Waals surface area (Å²) in [5.41, 5.74) is 1.23. The molecule has 0 radical (unpaired) electrons. The van der Waals surface area contributed by atoms with Crippen molar-refractivity contribution in [1.82, 2.24) is 9.78 Å². The van der Waals surface area contributed by atoms with Gasteiger partial charge in [0.05, 0.1) is 6.20 Å². The van der Waals surface area contributed by atoms with Gasteiger partial charge in [-0.15, -0.1) is 0 Å². The molecular weight excluding hydrogens is 228 g/mol. The van der Waals surface area contributed by atoms with Crippen LogP contribution in [0, 0.1) is 5.92 Å². The first-order valence-electron chi connectivity index (χ1n) is 6.88. The number of aromatic carboxylic acids is 1. The first kappa shape index (κ1) is 13.1. The van der Waals surface area contributed by atoms with E-state index in [-0.39, 0.29) is 5.92 Å². The first-order chi connectivity index (χ1) is 8.59. The molecule has 1 heterocycles. The van der Waals surface area contributed by atoms with E-state index < -0.39 is 5.97 Å². The lowest BCUT2D eigenvalue weighted by atomic mass is 9.89. The van der Waals surface area contributed by atoms with Crippen molar-refractivity contribution in [3.05, 3.63) is 17.5 Å². The molecule has 0 atom stereocenters. The lowest BCUT2D eigenvalue weighted by Crippen LogP contribution is -2.19. The number of hydrogen-bond donors (Lipinski definition) is 1. The van der Waals surface area contributed by atoms with Gasteiger partial charge in [0.1, 0.15) is 5.69 Å². The zero-order chi connectivity index (χ0) is 13.1. The average Bonchev–Trinajstić information content (AvgIpc) is 2.74. The topological polar surface area (TPSA) is 55.1 Å². The van der Waals surface area contributed by atoms with E-state index in [0.717, 1.165) is 12.1 Å². The van der Waals surface area contributed by atoms with Gasteiger partial charge in [0.25, 0.3) is 0 Å². The second-order valence-corrected chi connectivity index (χ2v) is 5.59. The van der Waals surface area contributed by atoms with Crippen LogP contribution in [0.3, 0.4) is 0 Å². The van der Waals surface area contributed by atoms with Gasteiger partial charge in [0, 0.05) is 12.1 Å².